The zero-order chi connectivity index (χ0) is 15.1. The first kappa shape index (κ1) is 17.2. The molecule has 2 atom stereocenters. The predicted octanol–water partition coefficient (Wildman–Crippen LogP) is 4.49. The van der Waals surface area contributed by atoms with Gasteiger partial charge >= 0.3 is 0 Å². The maximum absolute atomic E-state index is 6.29. The van der Waals surface area contributed by atoms with Crippen molar-refractivity contribution in [2.45, 2.75) is 66.2 Å². The highest BCUT2D eigenvalue weighted by atomic mass is 16.5. The lowest BCUT2D eigenvalue weighted by Gasteiger charge is -2.25. The molecule has 0 fully saturated rings. The molecule has 0 bridgehead atoms. The molecule has 1 aromatic rings. The van der Waals surface area contributed by atoms with Gasteiger partial charge in [-0.15, -0.1) is 0 Å². The first-order valence-electron chi connectivity index (χ1n) is 7.84. The molecule has 0 saturated carbocycles. The van der Waals surface area contributed by atoms with Gasteiger partial charge in [0.15, 0.2) is 0 Å². The van der Waals surface area contributed by atoms with E-state index >= 15 is 0 Å². The second-order valence-electron chi connectivity index (χ2n) is 6.54. The van der Waals surface area contributed by atoms with Crippen LogP contribution >= 0.6 is 0 Å². The fraction of sp³-hybridized carbons (Fsp3) is 0.667. The molecule has 2 unspecified atom stereocenters. The predicted molar refractivity (Wildman–Crippen MR) is 87.1 cm³/mol. The van der Waals surface area contributed by atoms with Gasteiger partial charge in [0.2, 0.25) is 0 Å². The summed E-state index contributed by atoms with van der Waals surface area (Å²) in [7, 11) is 0. The Morgan fingerprint density at radius 1 is 1.10 bits per heavy atom. The van der Waals surface area contributed by atoms with E-state index < -0.39 is 0 Å². The van der Waals surface area contributed by atoms with Crippen LogP contribution in [0.3, 0.4) is 0 Å². The van der Waals surface area contributed by atoms with Crippen LogP contribution in [0.1, 0.15) is 58.3 Å². The average molecular weight is 277 g/mol. The Morgan fingerprint density at radius 3 is 2.35 bits per heavy atom. The van der Waals surface area contributed by atoms with Crippen LogP contribution in [0.4, 0.5) is 0 Å². The lowest BCUT2D eigenvalue weighted by atomic mass is 10.0. The highest BCUT2D eigenvalue weighted by Crippen LogP contribution is 2.22. The van der Waals surface area contributed by atoms with E-state index in [0.29, 0.717) is 12.0 Å². The van der Waals surface area contributed by atoms with Crippen molar-refractivity contribution in [1.29, 1.82) is 0 Å². The van der Waals surface area contributed by atoms with E-state index in [4.69, 9.17) is 4.74 Å². The summed E-state index contributed by atoms with van der Waals surface area (Å²) in [6.45, 7) is 14.0. The van der Waals surface area contributed by atoms with Gasteiger partial charge in [-0.2, -0.15) is 0 Å². The topological polar surface area (TPSA) is 21.3 Å². The molecule has 1 N–H and O–H groups in total. The highest BCUT2D eigenvalue weighted by Gasteiger charge is 2.17. The van der Waals surface area contributed by atoms with E-state index in [1.807, 2.05) is 0 Å². The van der Waals surface area contributed by atoms with Crippen LogP contribution in [0.2, 0.25) is 0 Å². The molecule has 1 rings (SSSR count). The summed E-state index contributed by atoms with van der Waals surface area (Å²) in [5, 5.41) is 3.50. The molecule has 2 nitrogen and oxygen atoms in total. The minimum atomic E-state index is 0.131. The molecular formula is C18H31NO. The molecule has 0 aromatic heterocycles. The third-order valence-electron chi connectivity index (χ3n) is 3.33. The summed E-state index contributed by atoms with van der Waals surface area (Å²) in [5.41, 5.74) is 2.56. The number of ether oxygens (including phenoxy) is 1. The van der Waals surface area contributed by atoms with Crippen LogP contribution in [0.15, 0.2) is 24.3 Å². The zero-order valence-electron chi connectivity index (χ0n) is 13.9. The smallest absolute Gasteiger partial charge is 0.0953 e. The van der Waals surface area contributed by atoms with Gasteiger partial charge in [-0.25, -0.2) is 0 Å². The average Bonchev–Trinajstić information content (AvgIpc) is 2.33. The minimum absolute atomic E-state index is 0.131. The molecule has 114 valence electrons. The van der Waals surface area contributed by atoms with Crippen LogP contribution in [-0.2, 0) is 4.74 Å². The number of rotatable bonds is 8. The van der Waals surface area contributed by atoms with Crippen LogP contribution in [0, 0.1) is 12.8 Å². The minimum Gasteiger partial charge on any atom is -0.369 e. The Labute approximate surface area is 124 Å². The van der Waals surface area contributed by atoms with E-state index in [1.165, 1.54) is 11.1 Å². The van der Waals surface area contributed by atoms with Crippen molar-refractivity contribution in [3.05, 3.63) is 35.4 Å². The van der Waals surface area contributed by atoms with Gasteiger partial charge in [0.25, 0.3) is 0 Å². The maximum atomic E-state index is 6.29. The largest absolute Gasteiger partial charge is 0.369 e. The van der Waals surface area contributed by atoms with Crippen molar-refractivity contribution in [3.8, 4) is 0 Å². The monoisotopic (exact) mass is 277 g/mol. The number of benzene rings is 1. The Kier molecular flexibility index (Phi) is 7.25. The molecule has 1 aromatic carbocycles. The van der Waals surface area contributed by atoms with Crippen LogP contribution < -0.4 is 5.32 Å². The van der Waals surface area contributed by atoms with Crippen molar-refractivity contribution < 1.29 is 4.74 Å². The summed E-state index contributed by atoms with van der Waals surface area (Å²) in [6, 6.07) is 9.12. The molecule has 20 heavy (non-hydrogen) atoms. The quantitative estimate of drug-likeness (QED) is 0.756. The van der Waals surface area contributed by atoms with Crippen LogP contribution in [-0.4, -0.2) is 18.7 Å². The van der Waals surface area contributed by atoms with Crippen LogP contribution in [0.25, 0.3) is 0 Å². The van der Waals surface area contributed by atoms with Gasteiger partial charge in [0, 0.05) is 12.6 Å². The van der Waals surface area contributed by atoms with Crippen molar-refractivity contribution in [2.24, 2.45) is 5.92 Å². The van der Waals surface area contributed by atoms with Crippen molar-refractivity contribution in [2.75, 3.05) is 6.54 Å². The number of nitrogens with one attached hydrogen (secondary N) is 1. The Bertz CT molecular complexity index is 387. The Hall–Kier alpha value is -0.860. The van der Waals surface area contributed by atoms with Gasteiger partial charge in [0.05, 0.1) is 12.2 Å². The Balaban J connectivity index is 2.74. The van der Waals surface area contributed by atoms with Gasteiger partial charge in [-0.1, -0.05) is 57.5 Å². The van der Waals surface area contributed by atoms with E-state index in [2.05, 4.69) is 71.1 Å². The third-order valence-corrected chi connectivity index (χ3v) is 3.33. The number of aryl methyl sites for hydroxylation is 1. The molecule has 0 spiro atoms. The zero-order valence-corrected chi connectivity index (χ0v) is 13.9. The molecule has 0 aliphatic carbocycles. The molecule has 0 aliphatic heterocycles. The van der Waals surface area contributed by atoms with Gasteiger partial charge in [-0.05, 0) is 31.7 Å². The van der Waals surface area contributed by atoms with Gasteiger partial charge in [0.1, 0.15) is 0 Å². The fourth-order valence-electron chi connectivity index (χ4n) is 2.46. The summed E-state index contributed by atoms with van der Waals surface area (Å²) >= 11 is 0. The summed E-state index contributed by atoms with van der Waals surface area (Å²) in [4.78, 5) is 0. The Morgan fingerprint density at radius 2 is 1.80 bits per heavy atom. The van der Waals surface area contributed by atoms with Crippen molar-refractivity contribution in [1.82, 2.24) is 5.32 Å². The second kappa shape index (κ2) is 8.43. The normalized spacial score (nSPS) is 14.8. The summed E-state index contributed by atoms with van der Waals surface area (Å²) in [5.74, 6) is 0.668. The van der Waals surface area contributed by atoms with Crippen LogP contribution in [0.5, 0.6) is 0 Å². The maximum Gasteiger partial charge on any atom is 0.0953 e. The molecule has 0 amide bonds. The van der Waals surface area contributed by atoms with E-state index in [9.17, 15) is 0 Å². The molecule has 0 saturated heterocycles. The SMILES string of the molecule is Cc1cccc(C(CNC(C)C)OC(C)CC(C)C)c1. The third kappa shape index (κ3) is 6.53. The molecule has 2 heteroatoms. The van der Waals surface area contributed by atoms with E-state index in [1.54, 1.807) is 0 Å². The molecule has 0 heterocycles. The van der Waals surface area contributed by atoms with Gasteiger partial charge in [-0.3, -0.25) is 0 Å². The number of hydrogen-bond donors (Lipinski definition) is 1. The molecule has 0 aliphatic rings. The first-order valence-corrected chi connectivity index (χ1v) is 7.84. The second-order valence-corrected chi connectivity index (χ2v) is 6.54. The van der Waals surface area contributed by atoms with E-state index in [-0.39, 0.29) is 12.2 Å². The lowest BCUT2D eigenvalue weighted by molar-refractivity contribution is -0.0134. The number of hydrogen-bond acceptors (Lipinski definition) is 2. The lowest BCUT2D eigenvalue weighted by Crippen LogP contribution is -2.31. The van der Waals surface area contributed by atoms with Gasteiger partial charge < -0.3 is 10.1 Å². The summed E-state index contributed by atoms with van der Waals surface area (Å²) in [6.07, 6.45) is 1.52. The fourth-order valence-corrected chi connectivity index (χ4v) is 2.46. The van der Waals surface area contributed by atoms with Crippen molar-refractivity contribution >= 4 is 0 Å². The highest BCUT2D eigenvalue weighted by molar-refractivity contribution is 5.24. The van der Waals surface area contributed by atoms with E-state index in [0.717, 1.165) is 13.0 Å². The first-order chi connectivity index (χ1) is 9.38. The standard InChI is InChI=1S/C18H31NO/c1-13(2)10-16(6)20-18(12-19-14(3)4)17-9-7-8-15(5)11-17/h7-9,11,13-14,16,18-19H,10,12H2,1-6H3. The van der Waals surface area contributed by atoms with Crippen molar-refractivity contribution in [3.63, 3.8) is 0 Å². The molecule has 0 radical (unpaired) electrons. The molecular weight excluding hydrogens is 246 g/mol. The summed E-state index contributed by atoms with van der Waals surface area (Å²) < 4.78 is 6.29.